The average Bonchev–Trinajstić information content (AvgIpc) is 2.33. The van der Waals surface area contributed by atoms with E-state index in [0.29, 0.717) is 0 Å². The minimum Gasteiger partial charge on any atom is -0.396 e. The summed E-state index contributed by atoms with van der Waals surface area (Å²) in [4.78, 5) is 0. The second-order valence-electron chi connectivity index (χ2n) is 3.79. The van der Waals surface area contributed by atoms with E-state index in [1.807, 2.05) is 18.2 Å². The first-order valence-corrected chi connectivity index (χ1v) is 5.35. The lowest BCUT2D eigenvalue weighted by atomic mass is 10.0. The van der Waals surface area contributed by atoms with Crippen LogP contribution in [0.3, 0.4) is 0 Å². The van der Waals surface area contributed by atoms with Gasteiger partial charge in [0.25, 0.3) is 0 Å². The molecule has 0 aliphatic carbocycles. The zero-order chi connectivity index (χ0) is 11.5. The van der Waals surface area contributed by atoms with Crippen LogP contribution in [0.1, 0.15) is 12.5 Å². The molecule has 0 heterocycles. The molecular weight excluding hydrogens is 201 g/mol. The molecule has 0 aromatic heterocycles. The summed E-state index contributed by atoms with van der Waals surface area (Å²) in [6.45, 7) is 2.10. The summed E-state index contributed by atoms with van der Waals surface area (Å²) >= 11 is 0. The lowest BCUT2D eigenvalue weighted by Gasteiger charge is -2.05. The van der Waals surface area contributed by atoms with Gasteiger partial charge in [-0.1, -0.05) is 37.3 Å². The van der Waals surface area contributed by atoms with Crippen LogP contribution in [0.15, 0.2) is 42.5 Å². The van der Waals surface area contributed by atoms with Gasteiger partial charge in [0.1, 0.15) is 5.82 Å². The molecule has 2 rings (SSSR count). The van der Waals surface area contributed by atoms with E-state index in [9.17, 15) is 4.39 Å². The third kappa shape index (κ3) is 2.06. The largest absolute Gasteiger partial charge is 0.396 e. The summed E-state index contributed by atoms with van der Waals surface area (Å²) < 4.78 is 13.3. The van der Waals surface area contributed by atoms with Crippen molar-refractivity contribution in [3.8, 4) is 11.1 Å². The summed E-state index contributed by atoms with van der Waals surface area (Å²) in [5.41, 5.74) is 8.77. The lowest BCUT2D eigenvalue weighted by Crippen LogP contribution is -1.90. The second-order valence-corrected chi connectivity index (χ2v) is 3.79. The molecule has 0 unspecified atom stereocenters. The van der Waals surface area contributed by atoms with Crippen molar-refractivity contribution in [2.75, 3.05) is 5.73 Å². The predicted molar refractivity (Wildman–Crippen MR) is 65.6 cm³/mol. The maximum absolute atomic E-state index is 13.3. The van der Waals surface area contributed by atoms with Crippen LogP contribution in [0, 0.1) is 5.82 Å². The van der Waals surface area contributed by atoms with E-state index in [0.717, 1.165) is 17.5 Å². The molecule has 0 aliphatic heterocycles. The van der Waals surface area contributed by atoms with Crippen LogP contribution in [0.2, 0.25) is 0 Å². The van der Waals surface area contributed by atoms with Gasteiger partial charge >= 0.3 is 0 Å². The van der Waals surface area contributed by atoms with Crippen molar-refractivity contribution < 1.29 is 4.39 Å². The van der Waals surface area contributed by atoms with E-state index in [4.69, 9.17) is 5.73 Å². The molecule has 2 N–H and O–H groups in total. The Morgan fingerprint density at radius 1 is 1.06 bits per heavy atom. The normalized spacial score (nSPS) is 10.4. The van der Waals surface area contributed by atoms with Crippen LogP contribution in [-0.2, 0) is 6.42 Å². The van der Waals surface area contributed by atoms with Crippen molar-refractivity contribution >= 4 is 5.69 Å². The Labute approximate surface area is 94.7 Å². The van der Waals surface area contributed by atoms with Gasteiger partial charge in [0.05, 0.1) is 5.69 Å². The number of hydrogen-bond acceptors (Lipinski definition) is 1. The third-order valence-corrected chi connectivity index (χ3v) is 2.67. The summed E-state index contributed by atoms with van der Waals surface area (Å²) in [7, 11) is 0. The monoisotopic (exact) mass is 215 g/mol. The minimum absolute atomic E-state index is 0.190. The number of hydrogen-bond donors (Lipinski definition) is 1. The van der Waals surface area contributed by atoms with Gasteiger partial charge in [0, 0.05) is 0 Å². The number of halogens is 1. The molecule has 2 aromatic carbocycles. The Bertz CT molecular complexity index is 506. The highest BCUT2D eigenvalue weighted by molar-refractivity contribution is 5.66. The zero-order valence-corrected chi connectivity index (χ0v) is 9.20. The van der Waals surface area contributed by atoms with Gasteiger partial charge in [-0.3, -0.25) is 0 Å². The average molecular weight is 215 g/mol. The molecule has 0 fully saturated rings. The van der Waals surface area contributed by atoms with Crippen LogP contribution >= 0.6 is 0 Å². The van der Waals surface area contributed by atoms with Crippen LogP contribution in [0.4, 0.5) is 10.1 Å². The Morgan fingerprint density at radius 2 is 1.81 bits per heavy atom. The fourth-order valence-corrected chi connectivity index (χ4v) is 1.68. The molecule has 0 amide bonds. The molecule has 1 nitrogen and oxygen atoms in total. The van der Waals surface area contributed by atoms with E-state index in [-0.39, 0.29) is 11.5 Å². The van der Waals surface area contributed by atoms with Gasteiger partial charge < -0.3 is 5.73 Å². The van der Waals surface area contributed by atoms with Gasteiger partial charge in [-0.2, -0.15) is 0 Å². The Balaban J connectivity index is 2.46. The van der Waals surface area contributed by atoms with E-state index in [2.05, 4.69) is 19.1 Å². The maximum atomic E-state index is 13.3. The summed E-state index contributed by atoms with van der Waals surface area (Å²) in [6, 6.07) is 13.0. The minimum atomic E-state index is -0.362. The van der Waals surface area contributed by atoms with Crippen molar-refractivity contribution in [3.05, 3.63) is 53.8 Å². The molecule has 0 atom stereocenters. The summed E-state index contributed by atoms with van der Waals surface area (Å²) in [5, 5.41) is 0. The first kappa shape index (κ1) is 10.7. The van der Waals surface area contributed by atoms with E-state index in [1.54, 1.807) is 6.07 Å². The number of benzene rings is 2. The molecule has 0 spiro atoms. The quantitative estimate of drug-likeness (QED) is 0.760. The predicted octanol–water partition coefficient (Wildman–Crippen LogP) is 3.64. The second kappa shape index (κ2) is 4.35. The molecule has 0 radical (unpaired) electrons. The van der Waals surface area contributed by atoms with Gasteiger partial charge in [-0.15, -0.1) is 0 Å². The van der Waals surface area contributed by atoms with Crippen molar-refractivity contribution in [2.24, 2.45) is 0 Å². The molecular formula is C14H14FN. The third-order valence-electron chi connectivity index (χ3n) is 2.67. The summed E-state index contributed by atoms with van der Waals surface area (Å²) in [5.74, 6) is -0.362. The van der Waals surface area contributed by atoms with Gasteiger partial charge in [-0.05, 0) is 35.2 Å². The van der Waals surface area contributed by atoms with Crippen molar-refractivity contribution in [1.29, 1.82) is 0 Å². The van der Waals surface area contributed by atoms with E-state index in [1.165, 1.54) is 11.6 Å². The standard InChI is InChI=1S/C14H14FN/c1-2-10-4-3-5-11(8-10)12-6-7-14(16)13(15)9-12/h3-9H,2,16H2,1H3. The van der Waals surface area contributed by atoms with Crippen molar-refractivity contribution in [2.45, 2.75) is 13.3 Å². The smallest absolute Gasteiger partial charge is 0.146 e. The fourth-order valence-electron chi connectivity index (χ4n) is 1.68. The van der Waals surface area contributed by atoms with Crippen molar-refractivity contribution in [3.63, 3.8) is 0 Å². The number of nitrogens with two attached hydrogens (primary N) is 1. The molecule has 2 heteroatoms. The molecule has 82 valence electrons. The molecule has 0 aliphatic rings. The van der Waals surface area contributed by atoms with Gasteiger partial charge in [0.15, 0.2) is 0 Å². The number of aryl methyl sites for hydroxylation is 1. The van der Waals surface area contributed by atoms with Crippen LogP contribution in [0.5, 0.6) is 0 Å². The molecule has 0 saturated carbocycles. The van der Waals surface area contributed by atoms with Gasteiger partial charge in [0.2, 0.25) is 0 Å². The highest BCUT2D eigenvalue weighted by Crippen LogP contribution is 2.23. The van der Waals surface area contributed by atoms with E-state index < -0.39 is 0 Å². The van der Waals surface area contributed by atoms with Crippen LogP contribution in [-0.4, -0.2) is 0 Å². The maximum Gasteiger partial charge on any atom is 0.146 e. The number of anilines is 1. The highest BCUT2D eigenvalue weighted by atomic mass is 19.1. The fraction of sp³-hybridized carbons (Fsp3) is 0.143. The lowest BCUT2D eigenvalue weighted by molar-refractivity contribution is 0.633. The molecule has 0 bridgehead atoms. The SMILES string of the molecule is CCc1cccc(-c2ccc(N)c(F)c2)c1. The van der Waals surface area contributed by atoms with Gasteiger partial charge in [-0.25, -0.2) is 4.39 Å². The Hall–Kier alpha value is -1.83. The molecule has 2 aromatic rings. The van der Waals surface area contributed by atoms with Crippen molar-refractivity contribution in [1.82, 2.24) is 0 Å². The molecule has 0 saturated heterocycles. The number of nitrogen functional groups attached to an aromatic ring is 1. The zero-order valence-electron chi connectivity index (χ0n) is 9.20. The number of rotatable bonds is 2. The Morgan fingerprint density at radius 3 is 2.50 bits per heavy atom. The van der Waals surface area contributed by atoms with Crippen LogP contribution in [0.25, 0.3) is 11.1 Å². The summed E-state index contributed by atoms with van der Waals surface area (Å²) in [6.07, 6.45) is 0.977. The van der Waals surface area contributed by atoms with Crippen LogP contribution < -0.4 is 5.73 Å². The highest BCUT2D eigenvalue weighted by Gasteiger charge is 2.02. The topological polar surface area (TPSA) is 26.0 Å². The first-order valence-electron chi connectivity index (χ1n) is 5.35. The Kier molecular flexibility index (Phi) is 2.91. The first-order chi connectivity index (χ1) is 7.70. The van der Waals surface area contributed by atoms with E-state index >= 15 is 0 Å². The molecule has 16 heavy (non-hydrogen) atoms.